The topological polar surface area (TPSA) is 162 Å². The monoisotopic (exact) mass is 597 g/mol. The molecule has 226 valence electrons. The van der Waals surface area contributed by atoms with Gasteiger partial charge in [-0.1, -0.05) is 0 Å². The summed E-state index contributed by atoms with van der Waals surface area (Å²) in [6, 6.07) is 5.54. The molecule has 1 saturated heterocycles. The zero-order valence-corrected chi connectivity index (χ0v) is 23.2. The Labute approximate surface area is 242 Å². The summed E-state index contributed by atoms with van der Waals surface area (Å²) in [5.74, 6) is -1.79. The molecule has 3 N–H and O–H groups in total. The van der Waals surface area contributed by atoms with Crippen molar-refractivity contribution >= 4 is 34.4 Å². The van der Waals surface area contributed by atoms with E-state index < -0.39 is 17.6 Å². The molecule has 6 rings (SSSR count). The first-order chi connectivity index (χ1) is 20.7. The highest BCUT2D eigenvalue weighted by Crippen LogP contribution is 2.29. The number of aromatic nitrogens is 6. The van der Waals surface area contributed by atoms with Crippen molar-refractivity contribution in [3.63, 3.8) is 0 Å². The molecule has 0 aliphatic carbocycles. The van der Waals surface area contributed by atoms with Crippen LogP contribution >= 0.6 is 0 Å². The van der Waals surface area contributed by atoms with E-state index >= 15 is 0 Å². The van der Waals surface area contributed by atoms with Gasteiger partial charge in [0.15, 0.2) is 28.6 Å². The van der Waals surface area contributed by atoms with Gasteiger partial charge in [0.05, 0.1) is 18.6 Å². The number of furan rings is 1. The molecule has 0 atom stereocenters. The van der Waals surface area contributed by atoms with Gasteiger partial charge in [-0.3, -0.25) is 18.8 Å². The molecule has 0 saturated carbocycles. The molecule has 14 nitrogen and oxygen atoms in total. The number of carbonyl (C=O) groups is 1. The minimum Gasteiger partial charge on any atom is -0.490 e. The number of aliphatic carboxylic acids is 1. The maximum atomic E-state index is 14.7. The summed E-state index contributed by atoms with van der Waals surface area (Å²) in [6.45, 7) is 2.93. The second kappa shape index (κ2) is 11.4. The fourth-order valence-corrected chi connectivity index (χ4v) is 5.23. The van der Waals surface area contributed by atoms with Crippen LogP contribution in [0, 0.1) is 11.6 Å². The second-order valence-electron chi connectivity index (χ2n) is 10.2. The number of nitrogens with two attached hydrogens (primary N) is 1. The molecule has 5 heterocycles. The average Bonchev–Trinajstić information content (AvgIpc) is 3.71. The lowest BCUT2D eigenvalue weighted by atomic mass is 10.2. The quantitative estimate of drug-likeness (QED) is 0.226. The Morgan fingerprint density at radius 2 is 1.91 bits per heavy atom. The Morgan fingerprint density at radius 3 is 2.63 bits per heavy atom. The number of halogens is 2. The van der Waals surface area contributed by atoms with Crippen LogP contribution in [0.15, 0.2) is 39.7 Å². The normalized spacial score (nSPS) is 14.3. The highest BCUT2D eigenvalue weighted by Gasteiger charge is 2.24. The zero-order chi connectivity index (χ0) is 30.2. The van der Waals surface area contributed by atoms with Crippen LogP contribution in [0.2, 0.25) is 0 Å². The Kier molecular flexibility index (Phi) is 7.43. The number of benzene rings is 1. The molecule has 4 aromatic heterocycles. The molecule has 1 fully saturated rings. The van der Waals surface area contributed by atoms with Crippen LogP contribution in [-0.4, -0.2) is 84.0 Å². The van der Waals surface area contributed by atoms with Crippen molar-refractivity contribution in [2.75, 3.05) is 50.0 Å². The summed E-state index contributed by atoms with van der Waals surface area (Å²) in [7, 11) is 1.64. The fraction of sp³-hybridized carbons (Fsp3) is 0.370. The van der Waals surface area contributed by atoms with Crippen molar-refractivity contribution in [2.24, 2.45) is 7.05 Å². The molecule has 1 aliphatic heterocycles. The predicted molar refractivity (Wildman–Crippen MR) is 151 cm³/mol. The number of aryl methyl sites for hydroxylation is 1. The third-order valence-corrected chi connectivity index (χ3v) is 7.47. The van der Waals surface area contributed by atoms with Crippen LogP contribution in [-0.2, 0) is 18.4 Å². The molecule has 0 spiro atoms. The number of fused-ring (bicyclic) bond motifs is 3. The van der Waals surface area contributed by atoms with Crippen molar-refractivity contribution < 1.29 is 27.8 Å². The first-order valence-corrected chi connectivity index (χ1v) is 13.7. The van der Waals surface area contributed by atoms with Crippen LogP contribution < -0.4 is 21.1 Å². The van der Waals surface area contributed by atoms with E-state index in [0.717, 1.165) is 6.07 Å². The first-order valence-electron chi connectivity index (χ1n) is 13.7. The number of rotatable bonds is 10. The summed E-state index contributed by atoms with van der Waals surface area (Å²) in [6.07, 6.45) is 1.61. The Balaban J connectivity index is 1.14. The highest BCUT2D eigenvalue weighted by atomic mass is 19.1. The van der Waals surface area contributed by atoms with E-state index in [2.05, 4.69) is 20.0 Å². The van der Waals surface area contributed by atoms with Crippen molar-refractivity contribution in [3.05, 3.63) is 52.6 Å². The van der Waals surface area contributed by atoms with Gasteiger partial charge in [0.25, 0.3) is 0 Å². The van der Waals surface area contributed by atoms with Gasteiger partial charge in [-0.05, 0) is 18.6 Å². The van der Waals surface area contributed by atoms with Crippen LogP contribution in [0.5, 0.6) is 5.75 Å². The van der Waals surface area contributed by atoms with Crippen molar-refractivity contribution in [3.8, 4) is 17.3 Å². The number of carboxylic acids is 1. The van der Waals surface area contributed by atoms with Crippen LogP contribution in [0.25, 0.3) is 28.4 Å². The molecular formula is C27H29F2N9O5. The first kappa shape index (κ1) is 28.1. The Bertz CT molecular complexity index is 1860. The Hall–Kier alpha value is -4.99. The van der Waals surface area contributed by atoms with E-state index in [4.69, 9.17) is 20.0 Å². The molecule has 0 amide bonds. The van der Waals surface area contributed by atoms with Crippen molar-refractivity contribution in [1.82, 2.24) is 33.6 Å². The number of anilines is 2. The lowest BCUT2D eigenvalue weighted by Crippen LogP contribution is -2.47. The van der Waals surface area contributed by atoms with Gasteiger partial charge in [0.2, 0.25) is 11.8 Å². The third-order valence-electron chi connectivity index (χ3n) is 7.47. The van der Waals surface area contributed by atoms with Crippen molar-refractivity contribution in [2.45, 2.75) is 19.4 Å². The van der Waals surface area contributed by atoms with Crippen molar-refractivity contribution in [1.29, 1.82) is 0 Å². The predicted octanol–water partition coefficient (Wildman–Crippen LogP) is 1.96. The number of carboxylic acid groups (broad SMARTS) is 1. The van der Waals surface area contributed by atoms with Gasteiger partial charge < -0.3 is 24.9 Å². The number of hydrogen-bond donors (Lipinski definition) is 2. The number of hydrogen-bond acceptors (Lipinski definition) is 10. The maximum absolute atomic E-state index is 14.7. The number of piperazine rings is 1. The van der Waals surface area contributed by atoms with E-state index in [9.17, 15) is 18.4 Å². The molecule has 1 aliphatic rings. The fourth-order valence-electron chi connectivity index (χ4n) is 5.23. The van der Waals surface area contributed by atoms with Gasteiger partial charge in [-0.15, -0.1) is 5.10 Å². The molecule has 0 bridgehead atoms. The van der Waals surface area contributed by atoms with E-state index in [1.807, 2.05) is 0 Å². The van der Waals surface area contributed by atoms with E-state index in [1.54, 1.807) is 28.6 Å². The SMILES string of the molecule is Cn1c(=O)n(CCN2CCN(c3cc(OCCCC(=O)O)c(F)cc3F)CC2)c2nc(N)n3nc(-c4ccco4)nc3c21. The molecule has 0 unspecified atom stereocenters. The summed E-state index contributed by atoms with van der Waals surface area (Å²) in [4.78, 5) is 36.9. The molecule has 1 aromatic carbocycles. The van der Waals surface area contributed by atoms with Gasteiger partial charge >= 0.3 is 11.7 Å². The second-order valence-corrected chi connectivity index (χ2v) is 10.2. The largest absolute Gasteiger partial charge is 0.490 e. The lowest BCUT2D eigenvalue weighted by Gasteiger charge is -2.36. The smallest absolute Gasteiger partial charge is 0.330 e. The standard InChI is InChI=1S/C27H29F2N9O5/c1-34-22-24(32-26(30)38-25(22)31-23(33-38)19-4-2-12-42-19)37(27(34)41)11-8-35-6-9-36(10-7-35)18-15-20(17(29)14-16(18)28)43-13-3-5-21(39)40/h2,4,12,14-15H,3,5-11,13H2,1H3,(H2,30,32)(H,39,40). The van der Waals surface area contributed by atoms with Crippen LogP contribution in [0.1, 0.15) is 12.8 Å². The molecule has 16 heteroatoms. The Morgan fingerprint density at radius 1 is 1.12 bits per heavy atom. The maximum Gasteiger partial charge on any atom is 0.330 e. The minimum atomic E-state index is -0.972. The number of nitrogen functional groups attached to an aromatic ring is 1. The van der Waals surface area contributed by atoms with E-state index in [0.29, 0.717) is 67.7 Å². The summed E-state index contributed by atoms with van der Waals surface area (Å²) in [5, 5.41) is 13.1. The molecular weight excluding hydrogens is 568 g/mol. The lowest BCUT2D eigenvalue weighted by molar-refractivity contribution is -0.137. The molecule has 43 heavy (non-hydrogen) atoms. The minimum absolute atomic E-state index is 0.00384. The molecule has 5 aromatic rings. The van der Waals surface area contributed by atoms with Crippen LogP contribution in [0.3, 0.4) is 0 Å². The number of ether oxygens (including phenoxy) is 1. The summed E-state index contributed by atoms with van der Waals surface area (Å²) >= 11 is 0. The van der Waals surface area contributed by atoms with Gasteiger partial charge in [-0.2, -0.15) is 9.50 Å². The average molecular weight is 598 g/mol. The van der Waals surface area contributed by atoms with E-state index in [-0.39, 0.29) is 42.5 Å². The van der Waals surface area contributed by atoms with Crippen LogP contribution in [0.4, 0.5) is 20.4 Å². The van der Waals surface area contributed by atoms with Gasteiger partial charge in [0, 0.05) is 64.9 Å². The summed E-state index contributed by atoms with van der Waals surface area (Å²) < 4.78 is 44.1. The number of imidazole rings is 1. The van der Waals surface area contributed by atoms with E-state index in [1.165, 1.54) is 21.4 Å². The van der Waals surface area contributed by atoms with Gasteiger partial charge in [0.1, 0.15) is 11.3 Å². The van der Waals surface area contributed by atoms with Gasteiger partial charge in [-0.25, -0.2) is 18.6 Å². The summed E-state index contributed by atoms with van der Waals surface area (Å²) in [5.41, 5.74) is 7.39. The highest BCUT2D eigenvalue weighted by molar-refractivity contribution is 5.88. The zero-order valence-electron chi connectivity index (χ0n) is 23.2. The number of nitrogens with zero attached hydrogens (tertiary/aromatic N) is 8. The molecule has 0 radical (unpaired) electrons. The third kappa shape index (κ3) is 5.36.